The molecule has 94 valence electrons. The van der Waals surface area contributed by atoms with Gasteiger partial charge in [0.05, 0.1) is 14.2 Å². The summed E-state index contributed by atoms with van der Waals surface area (Å²) < 4.78 is 10.8. The van der Waals surface area contributed by atoms with Gasteiger partial charge >= 0.3 is 0 Å². The molecule has 1 aliphatic heterocycles. The molecule has 3 heteroatoms. The Kier molecular flexibility index (Phi) is 4.26. The third kappa shape index (κ3) is 2.91. The number of para-hydroxylation sites is 1. The van der Waals surface area contributed by atoms with Crippen LogP contribution >= 0.6 is 0 Å². The number of hydrogen-bond acceptors (Lipinski definition) is 3. The lowest BCUT2D eigenvalue weighted by molar-refractivity contribution is 0.340. The predicted molar refractivity (Wildman–Crippen MR) is 68.8 cm³/mol. The summed E-state index contributed by atoms with van der Waals surface area (Å²) in [6.07, 6.45) is 3.64. The van der Waals surface area contributed by atoms with Crippen molar-refractivity contribution in [3.8, 4) is 11.5 Å². The maximum Gasteiger partial charge on any atom is 0.163 e. The number of rotatable bonds is 4. The van der Waals surface area contributed by atoms with E-state index in [-0.39, 0.29) is 0 Å². The van der Waals surface area contributed by atoms with Crippen molar-refractivity contribution >= 4 is 0 Å². The second kappa shape index (κ2) is 5.92. The normalized spacial score (nSPS) is 20.0. The highest BCUT2D eigenvalue weighted by molar-refractivity contribution is 5.46. The second-order valence-electron chi connectivity index (χ2n) is 4.57. The molecule has 1 N–H and O–H groups in total. The summed E-state index contributed by atoms with van der Waals surface area (Å²) in [5.74, 6) is 2.43. The van der Waals surface area contributed by atoms with E-state index >= 15 is 0 Å². The summed E-state index contributed by atoms with van der Waals surface area (Å²) in [6.45, 7) is 2.27. The first-order valence-electron chi connectivity index (χ1n) is 6.25. The first kappa shape index (κ1) is 12.2. The van der Waals surface area contributed by atoms with E-state index in [0.717, 1.165) is 31.0 Å². The van der Waals surface area contributed by atoms with Crippen LogP contribution in [-0.2, 0) is 6.42 Å². The van der Waals surface area contributed by atoms with Gasteiger partial charge in [-0.2, -0.15) is 0 Å². The van der Waals surface area contributed by atoms with Crippen LogP contribution in [0.5, 0.6) is 11.5 Å². The van der Waals surface area contributed by atoms with Crippen molar-refractivity contribution in [2.75, 3.05) is 27.3 Å². The zero-order valence-electron chi connectivity index (χ0n) is 10.7. The third-order valence-corrected chi connectivity index (χ3v) is 3.39. The number of nitrogens with one attached hydrogen (secondary N) is 1. The van der Waals surface area contributed by atoms with E-state index in [2.05, 4.69) is 11.4 Å². The highest BCUT2D eigenvalue weighted by Gasteiger charge is 2.17. The third-order valence-electron chi connectivity index (χ3n) is 3.39. The summed E-state index contributed by atoms with van der Waals surface area (Å²) in [7, 11) is 3.39. The van der Waals surface area contributed by atoms with E-state index in [4.69, 9.17) is 9.47 Å². The van der Waals surface area contributed by atoms with Crippen LogP contribution in [-0.4, -0.2) is 27.3 Å². The van der Waals surface area contributed by atoms with Crippen LogP contribution < -0.4 is 14.8 Å². The Hall–Kier alpha value is -1.22. The molecular weight excluding hydrogens is 214 g/mol. The van der Waals surface area contributed by atoms with E-state index in [0.29, 0.717) is 5.92 Å². The fourth-order valence-corrected chi connectivity index (χ4v) is 2.52. The molecule has 1 aliphatic rings. The molecule has 1 unspecified atom stereocenters. The first-order valence-corrected chi connectivity index (χ1v) is 6.25. The summed E-state index contributed by atoms with van der Waals surface area (Å²) in [5.41, 5.74) is 1.25. The highest BCUT2D eigenvalue weighted by atomic mass is 16.5. The summed E-state index contributed by atoms with van der Waals surface area (Å²) in [5, 5.41) is 3.45. The van der Waals surface area contributed by atoms with Crippen molar-refractivity contribution in [3.05, 3.63) is 23.8 Å². The lowest BCUT2D eigenvalue weighted by Crippen LogP contribution is -2.30. The molecule has 3 nitrogen and oxygen atoms in total. The smallest absolute Gasteiger partial charge is 0.163 e. The van der Waals surface area contributed by atoms with Crippen LogP contribution in [0.3, 0.4) is 0 Å². The van der Waals surface area contributed by atoms with Gasteiger partial charge < -0.3 is 14.8 Å². The SMILES string of the molecule is COc1cccc(CC2CCCNC2)c1OC. The van der Waals surface area contributed by atoms with Gasteiger partial charge in [-0.15, -0.1) is 0 Å². The molecule has 0 aromatic heterocycles. The van der Waals surface area contributed by atoms with Gasteiger partial charge in [-0.05, 0) is 49.9 Å². The molecule has 17 heavy (non-hydrogen) atoms. The quantitative estimate of drug-likeness (QED) is 0.868. The maximum atomic E-state index is 5.46. The van der Waals surface area contributed by atoms with Gasteiger partial charge in [-0.3, -0.25) is 0 Å². The monoisotopic (exact) mass is 235 g/mol. The average molecular weight is 235 g/mol. The van der Waals surface area contributed by atoms with Crippen LogP contribution in [0.15, 0.2) is 18.2 Å². The van der Waals surface area contributed by atoms with Crippen molar-refractivity contribution in [1.29, 1.82) is 0 Å². The van der Waals surface area contributed by atoms with Crippen LogP contribution in [0.4, 0.5) is 0 Å². The Bertz CT molecular complexity index is 359. The van der Waals surface area contributed by atoms with Crippen molar-refractivity contribution in [2.24, 2.45) is 5.92 Å². The summed E-state index contributed by atoms with van der Waals surface area (Å²) >= 11 is 0. The van der Waals surface area contributed by atoms with Gasteiger partial charge in [0.1, 0.15) is 0 Å². The lowest BCUT2D eigenvalue weighted by atomic mass is 9.92. The number of methoxy groups -OCH3 is 2. The number of hydrogen-bond donors (Lipinski definition) is 1. The Morgan fingerprint density at radius 2 is 2.18 bits per heavy atom. The minimum atomic E-state index is 0.713. The van der Waals surface area contributed by atoms with Crippen molar-refractivity contribution in [1.82, 2.24) is 5.32 Å². The largest absolute Gasteiger partial charge is 0.493 e. The van der Waals surface area contributed by atoms with Crippen LogP contribution in [0.2, 0.25) is 0 Å². The molecule has 0 bridgehead atoms. The lowest BCUT2D eigenvalue weighted by Gasteiger charge is -2.23. The molecule has 2 rings (SSSR count). The molecule has 0 saturated carbocycles. The number of benzene rings is 1. The molecular formula is C14H21NO2. The molecule has 0 radical (unpaired) electrons. The van der Waals surface area contributed by atoms with Gasteiger partial charge in [0.25, 0.3) is 0 Å². The summed E-state index contributed by atoms with van der Waals surface area (Å²) in [6, 6.07) is 6.12. The zero-order valence-corrected chi connectivity index (χ0v) is 10.7. The van der Waals surface area contributed by atoms with Crippen molar-refractivity contribution in [3.63, 3.8) is 0 Å². The zero-order chi connectivity index (χ0) is 12.1. The fraction of sp³-hybridized carbons (Fsp3) is 0.571. The maximum absolute atomic E-state index is 5.46. The molecule has 1 aromatic rings. The minimum absolute atomic E-state index is 0.713. The Morgan fingerprint density at radius 1 is 1.29 bits per heavy atom. The average Bonchev–Trinajstić information content (AvgIpc) is 2.39. The van der Waals surface area contributed by atoms with Gasteiger partial charge in [0.15, 0.2) is 11.5 Å². The van der Waals surface area contributed by atoms with Gasteiger partial charge in [0.2, 0.25) is 0 Å². The Morgan fingerprint density at radius 3 is 2.82 bits per heavy atom. The van der Waals surface area contributed by atoms with Crippen LogP contribution in [0.25, 0.3) is 0 Å². The minimum Gasteiger partial charge on any atom is -0.493 e. The van der Waals surface area contributed by atoms with Crippen LogP contribution in [0, 0.1) is 5.92 Å². The Labute approximate surface area is 103 Å². The van der Waals surface area contributed by atoms with E-state index < -0.39 is 0 Å². The molecule has 1 saturated heterocycles. The van der Waals surface area contributed by atoms with E-state index in [1.807, 2.05) is 12.1 Å². The first-order chi connectivity index (χ1) is 8.35. The summed E-state index contributed by atoms with van der Waals surface area (Å²) in [4.78, 5) is 0. The molecule has 1 heterocycles. The second-order valence-corrected chi connectivity index (χ2v) is 4.57. The molecule has 1 aromatic carbocycles. The van der Waals surface area contributed by atoms with Gasteiger partial charge in [-0.1, -0.05) is 12.1 Å². The molecule has 0 spiro atoms. The predicted octanol–water partition coefficient (Wildman–Crippen LogP) is 2.25. The Balaban J connectivity index is 2.13. The molecule has 0 amide bonds. The molecule has 1 atom stereocenters. The molecule has 1 fully saturated rings. The highest BCUT2D eigenvalue weighted by Crippen LogP contribution is 2.33. The van der Waals surface area contributed by atoms with Crippen molar-refractivity contribution in [2.45, 2.75) is 19.3 Å². The van der Waals surface area contributed by atoms with Crippen LogP contribution in [0.1, 0.15) is 18.4 Å². The van der Waals surface area contributed by atoms with E-state index in [1.54, 1.807) is 14.2 Å². The van der Waals surface area contributed by atoms with E-state index in [1.165, 1.54) is 18.4 Å². The van der Waals surface area contributed by atoms with E-state index in [9.17, 15) is 0 Å². The fourth-order valence-electron chi connectivity index (χ4n) is 2.52. The van der Waals surface area contributed by atoms with Gasteiger partial charge in [0, 0.05) is 0 Å². The standard InChI is InChI=1S/C14H21NO2/c1-16-13-7-3-6-12(14(13)17-2)9-11-5-4-8-15-10-11/h3,6-7,11,15H,4-5,8-10H2,1-2H3. The van der Waals surface area contributed by atoms with Gasteiger partial charge in [-0.25, -0.2) is 0 Å². The topological polar surface area (TPSA) is 30.5 Å². The number of piperidine rings is 1. The van der Waals surface area contributed by atoms with Crippen molar-refractivity contribution < 1.29 is 9.47 Å². The molecule has 0 aliphatic carbocycles. The number of ether oxygens (including phenoxy) is 2.